The molecule has 0 bridgehead atoms. The average Bonchev–Trinajstić information content (AvgIpc) is 3.12. The molecule has 0 aromatic carbocycles. The molecule has 20 heavy (non-hydrogen) atoms. The van der Waals surface area contributed by atoms with Crippen LogP contribution in [0.2, 0.25) is 0 Å². The van der Waals surface area contributed by atoms with Gasteiger partial charge in [0.05, 0.1) is 18.3 Å². The Labute approximate surface area is 123 Å². The fourth-order valence-electron chi connectivity index (χ4n) is 4.24. The molecule has 1 spiro atoms. The highest BCUT2D eigenvalue weighted by Gasteiger charge is 2.48. The highest BCUT2D eigenvalue weighted by molar-refractivity contribution is 5.00. The van der Waals surface area contributed by atoms with Gasteiger partial charge >= 0.3 is 0 Å². The summed E-state index contributed by atoms with van der Waals surface area (Å²) in [6.07, 6.45) is 14.1. The molecule has 0 aromatic heterocycles. The van der Waals surface area contributed by atoms with Gasteiger partial charge in [0.1, 0.15) is 0 Å². The second-order valence-corrected chi connectivity index (χ2v) is 7.40. The molecular weight excluding hydrogens is 250 g/mol. The number of ether oxygens (including phenoxy) is 2. The van der Waals surface area contributed by atoms with Gasteiger partial charge in [-0.25, -0.2) is 0 Å². The van der Waals surface area contributed by atoms with Crippen molar-refractivity contribution in [3.8, 4) is 0 Å². The number of rotatable bonds is 7. The summed E-state index contributed by atoms with van der Waals surface area (Å²) in [6.45, 7) is 2.95. The Morgan fingerprint density at radius 1 is 1.10 bits per heavy atom. The highest BCUT2D eigenvalue weighted by Crippen LogP contribution is 2.52. The smallest absolute Gasteiger partial charge is 0.0687 e. The van der Waals surface area contributed by atoms with Crippen LogP contribution in [0.1, 0.15) is 64.2 Å². The molecule has 1 unspecified atom stereocenters. The minimum Gasteiger partial charge on any atom is -0.383 e. The Hall–Kier alpha value is -0.120. The molecule has 1 heterocycles. The van der Waals surface area contributed by atoms with Crippen molar-refractivity contribution in [3.63, 3.8) is 0 Å². The maximum absolute atomic E-state index is 6.54. The molecule has 1 aliphatic heterocycles. The highest BCUT2D eigenvalue weighted by atomic mass is 16.5. The van der Waals surface area contributed by atoms with E-state index in [0.717, 1.165) is 19.7 Å². The Balaban J connectivity index is 1.42. The lowest BCUT2D eigenvalue weighted by Crippen LogP contribution is -2.33. The predicted molar refractivity (Wildman–Crippen MR) is 81.0 cm³/mol. The summed E-state index contributed by atoms with van der Waals surface area (Å²) >= 11 is 0. The molecule has 1 N–H and O–H groups in total. The third-order valence-corrected chi connectivity index (χ3v) is 5.70. The molecule has 3 fully saturated rings. The van der Waals surface area contributed by atoms with Gasteiger partial charge in [0, 0.05) is 20.2 Å². The van der Waals surface area contributed by atoms with E-state index in [9.17, 15) is 0 Å². The number of methoxy groups -OCH3 is 1. The van der Waals surface area contributed by atoms with Crippen molar-refractivity contribution in [3.05, 3.63) is 0 Å². The number of nitrogens with one attached hydrogen (secondary N) is 1. The van der Waals surface area contributed by atoms with Crippen molar-refractivity contribution in [2.24, 2.45) is 5.41 Å². The molecule has 3 heteroatoms. The number of hydrogen-bond acceptors (Lipinski definition) is 3. The molecule has 3 nitrogen and oxygen atoms in total. The fraction of sp³-hybridized carbons (Fsp3) is 1.00. The summed E-state index contributed by atoms with van der Waals surface area (Å²) in [5, 5.41) is 3.55. The zero-order valence-corrected chi connectivity index (χ0v) is 13.1. The number of hydrogen-bond donors (Lipinski definition) is 1. The van der Waals surface area contributed by atoms with Gasteiger partial charge in [-0.3, -0.25) is 0 Å². The van der Waals surface area contributed by atoms with E-state index in [-0.39, 0.29) is 0 Å². The van der Waals surface area contributed by atoms with Crippen molar-refractivity contribution in [1.29, 1.82) is 0 Å². The van der Waals surface area contributed by atoms with E-state index in [4.69, 9.17) is 9.47 Å². The third-order valence-electron chi connectivity index (χ3n) is 5.70. The summed E-state index contributed by atoms with van der Waals surface area (Å²) in [6, 6.07) is 0. The standard InChI is InChI=1S/C17H31NO2/c1-19-12-11-18-14-16(9-10-16)13-15-5-8-17(20-15)6-3-2-4-7-17/h15,18H,2-14H2,1H3. The van der Waals surface area contributed by atoms with Crippen LogP contribution in [0.25, 0.3) is 0 Å². The van der Waals surface area contributed by atoms with E-state index in [1.165, 1.54) is 64.2 Å². The van der Waals surface area contributed by atoms with Gasteiger partial charge in [-0.15, -0.1) is 0 Å². The van der Waals surface area contributed by atoms with Gasteiger partial charge in [-0.2, -0.15) is 0 Å². The molecule has 116 valence electrons. The minimum absolute atomic E-state index is 0.294. The lowest BCUT2D eigenvalue weighted by Gasteiger charge is -2.34. The van der Waals surface area contributed by atoms with Crippen LogP contribution in [0.15, 0.2) is 0 Å². The van der Waals surface area contributed by atoms with Gasteiger partial charge in [-0.05, 0) is 50.4 Å². The normalized spacial score (nSPS) is 30.8. The first kappa shape index (κ1) is 14.8. The topological polar surface area (TPSA) is 30.5 Å². The van der Waals surface area contributed by atoms with Crippen molar-refractivity contribution in [1.82, 2.24) is 5.32 Å². The Kier molecular flexibility index (Phi) is 4.68. The lowest BCUT2D eigenvalue weighted by molar-refractivity contribution is -0.0710. The van der Waals surface area contributed by atoms with Crippen LogP contribution in [-0.4, -0.2) is 38.5 Å². The third kappa shape index (κ3) is 3.55. The largest absolute Gasteiger partial charge is 0.383 e. The molecule has 2 aliphatic carbocycles. The quantitative estimate of drug-likeness (QED) is 0.727. The van der Waals surface area contributed by atoms with Crippen LogP contribution >= 0.6 is 0 Å². The summed E-state index contributed by atoms with van der Waals surface area (Å²) < 4.78 is 11.6. The first-order chi connectivity index (χ1) is 9.76. The zero-order valence-electron chi connectivity index (χ0n) is 13.1. The van der Waals surface area contributed by atoms with E-state index >= 15 is 0 Å². The van der Waals surface area contributed by atoms with E-state index in [0.29, 0.717) is 17.1 Å². The van der Waals surface area contributed by atoms with Gasteiger partial charge in [0.15, 0.2) is 0 Å². The maximum atomic E-state index is 6.54. The molecule has 3 rings (SSSR count). The van der Waals surface area contributed by atoms with Gasteiger partial charge < -0.3 is 14.8 Å². The molecule has 3 aliphatic rings. The van der Waals surface area contributed by atoms with Crippen LogP contribution in [0.4, 0.5) is 0 Å². The average molecular weight is 281 g/mol. The molecule has 0 aromatic rings. The predicted octanol–water partition coefficient (Wildman–Crippen LogP) is 3.27. The first-order valence-corrected chi connectivity index (χ1v) is 8.64. The Bertz CT molecular complexity index is 308. The van der Waals surface area contributed by atoms with Crippen molar-refractivity contribution in [2.75, 3.05) is 26.8 Å². The van der Waals surface area contributed by atoms with Crippen LogP contribution in [0.3, 0.4) is 0 Å². The second-order valence-electron chi connectivity index (χ2n) is 7.40. The van der Waals surface area contributed by atoms with Crippen LogP contribution < -0.4 is 5.32 Å². The molecular formula is C17H31NO2. The van der Waals surface area contributed by atoms with E-state index in [1.807, 2.05) is 0 Å². The maximum Gasteiger partial charge on any atom is 0.0687 e. The van der Waals surface area contributed by atoms with Gasteiger partial charge in [0.2, 0.25) is 0 Å². The lowest BCUT2D eigenvalue weighted by atomic mass is 9.83. The Morgan fingerprint density at radius 3 is 2.60 bits per heavy atom. The van der Waals surface area contributed by atoms with Crippen molar-refractivity contribution < 1.29 is 9.47 Å². The molecule has 0 amide bonds. The van der Waals surface area contributed by atoms with Crippen LogP contribution in [0, 0.1) is 5.41 Å². The van der Waals surface area contributed by atoms with Crippen molar-refractivity contribution in [2.45, 2.75) is 75.9 Å². The monoisotopic (exact) mass is 281 g/mol. The summed E-state index contributed by atoms with van der Waals surface area (Å²) in [5.74, 6) is 0. The van der Waals surface area contributed by atoms with E-state index in [2.05, 4.69) is 5.32 Å². The van der Waals surface area contributed by atoms with E-state index in [1.54, 1.807) is 7.11 Å². The fourth-order valence-corrected chi connectivity index (χ4v) is 4.24. The SMILES string of the molecule is COCCNCC1(CC2CCC3(CCCCC3)O2)CC1. The van der Waals surface area contributed by atoms with Crippen LogP contribution in [0.5, 0.6) is 0 Å². The van der Waals surface area contributed by atoms with E-state index < -0.39 is 0 Å². The summed E-state index contributed by atoms with van der Waals surface area (Å²) in [4.78, 5) is 0. The van der Waals surface area contributed by atoms with Gasteiger partial charge in [0.25, 0.3) is 0 Å². The molecule has 0 radical (unpaired) electrons. The first-order valence-electron chi connectivity index (χ1n) is 8.64. The second kappa shape index (κ2) is 6.33. The molecule has 1 saturated heterocycles. The molecule has 2 saturated carbocycles. The summed E-state index contributed by atoms with van der Waals surface area (Å²) in [5.41, 5.74) is 0.848. The van der Waals surface area contributed by atoms with Crippen LogP contribution in [-0.2, 0) is 9.47 Å². The minimum atomic E-state index is 0.294. The van der Waals surface area contributed by atoms with Gasteiger partial charge in [-0.1, -0.05) is 19.3 Å². The Morgan fingerprint density at radius 2 is 1.90 bits per heavy atom. The zero-order chi connectivity index (χ0) is 13.9. The van der Waals surface area contributed by atoms with Crippen molar-refractivity contribution >= 4 is 0 Å². The summed E-state index contributed by atoms with van der Waals surface area (Å²) in [7, 11) is 1.77. The molecule has 1 atom stereocenters.